The number of nitrogens with zero attached hydrogens (tertiary/aromatic N) is 1. The fraction of sp³-hybridized carbons (Fsp3) is 0.133. The maximum atomic E-state index is 4.53. The SMILES string of the molecule is Cc1ccc(NC([Se])=Nc2ccccc2C)cc1. The molecule has 2 nitrogen and oxygen atoms in total. The van der Waals surface area contributed by atoms with Gasteiger partial charge in [-0.2, -0.15) is 0 Å². The number of hydrogen-bond donors (Lipinski definition) is 1. The van der Waals surface area contributed by atoms with Gasteiger partial charge in [0.15, 0.2) is 0 Å². The molecular weight excluding hydrogens is 287 g/mol. The molecule has 0 bridgehead atoms. The summed E-state index contributed by atoms with van der Waals surface area (Å²) in [6.45, 7) is 4.13. The molecule has 0 aliphatic carbocycles. The van der Waals surface area contributed by atoms with Gasteiger partial charge in [0.2, 0.25) is 0 Å². The van der Waals surface area contributed by atoms with Crippen molar-refractivity contribution in [3.05, 3.63) is 59.7 Å². The zero-order valence-electron chi connectivity index (χ0n) is 10.5. The van der Waals surface area contributed by atoms with Crippen LogP contribution in [0.3, 0.4) is 0 Å². The van der Waals surface area contributed by atoms with Crippen LogP contribution in [0.25, 0.3) is 0 Å². The predicted octanol–water partition coefficient (Wildman–Crippen LogP) is 3.57. The normalized spacial score (nSPS) is 11.3. The second kappa shape index (κ2) is 5.85. The first kappa shape index (κ1) is 12.9. The van der Waals surface area contributed by atoms with Gasteiger partial charge in [-0.3, -0.25) is 0 Å². The summed E-state index contributed by atoms with van der Waals surface area (Å²) >= 11 is 2.95. The summed E-state index contributed by atoms with van der Waals surface area (Å²) in [5.74, 6) is 0. The first-order valence-electron chi connectivity index (χ1n) is 5.80. The summed E-state index contributed by atoms with van der Waals surface area (Å²) in [6.07, 6.45) is 0. The summed E-state index contributed by atoms with van der Waals surface area (Å²) < 4.78 is 0.771. The fourth-order valence-corrected chi connectivity index (χ4v) is 2.04. The van der Waals surface area contributed by atoms with E-state index in [-0.39, 0.29) is 0 Å². The summed E-state index contributed by atoms with van der Waals surface area (Å²) in [7, 11) is 0. The molecule has 0 spiro atoms. The second-order valence-electron chi connectivity index (χ2n) is 4.19. The monoisotopic (exact) mass is 303 g/mol. The van der Waals surface area contributed by atoms with E-state index in [1.165, 1.54) is 5.56 Å². The Kier molecular flexibility index (Phi) is 4.19. The Bertz CT molecular complexity index is 559. The van der Waals surface area contributed by atoms with Crippen molar-refractivity contribution in [2.24, 2.45) is 4.99 Å². The molecule has 0 heterocycles. The molecule has 0 atom stereocenters. The third-order valence-electron chi connectivity index (χ3n) is 2.64. The third kappa shape index (κ3) is 3.46. The van der Waals surface area contributed by atoms with Gasteiger partial charge in [0.1, 0.15) is 0 Å². The van der Waals surface area contributed by atoms with E-state index in [0.717, 1.165) is 21.7 Å². The molecule has 0 fully saturated rings. The molecule has 18 heavy (non-hydrogen) atoms. The van der Waals surface area contributed by atoms with Gasteiger partial charge in [0, 0.05) is 0 Å². The average Bonchev–Trinajstić information content (AvgIpc) is 2.35. The van der Waals surface area contributed by atoms with Crippen LogP contribution in [0.5, 0.6) is 0 Å². The van der Waals surface area contributed by atoms with E-state index >= 15 is 0 Å². The van der Waals surface area contributed by atoms with Gasteiger partial charge in [-0.05, 0) is 0 Å². The molecular formula is C15H15N2Se. The van der Waals surface area contributed by atoms with Gasteiger partial charge in [0.25, 0.3) is 0 Å². The zero-order valence-corrected chi connectivity index (χ0v) is 12.2. The number of rotatable bonds is 2. The number of aryl methyl sites for hydroxylation is 2. The minimum absolute atomic E-state index is 0.771. The minimum atomic E-state index is 0.771. The molecule has 0 aromatic heterocycles. The fourth-order valence-electron chi connectivity index (χ4n) is 1.59. The summed E-state index contributed by atoms with van der Waals surface area (Å²) in [6, 6.07) is 16.3. The van der Waals surface area contributed by atoms with E-state index < -0.39 is 0 Å². The standard InChI is InChI=1S/C15H15N2Se/c1-11-7-9-13(10-8-11)16-15(18)17-14-6-4-3-5-12(14)2/h3-10H,1-2H3,(H,16,17). The van der Waals surface area contributed by atoms with Crippen LogP contribution in [0.1, 0.15) is 11.1 Å². The van der Waals surface area contributed by atoms with Gasteiger partial charge < -0.3 is 0 Å². The van der Waals surface area contributed by atoms with E-state index in [0.29, 0.717) is 0 Å². The van der Waals surface area contributed by atoms with Gasteiger partial charge >= 0.3 is 116 Å². The van der Waals surface area contributed by atoms with Crippen molar-refractivity contribution >= 4 is 32.1 Å². The van der Waals surface area contributed by atoms with Crippen LogP contribution >= 0.6 is 0 Å². The van der Waals surface area contributed by atoms with Crippen LogP contribution in [-0.2, 0) is 0 Å². The van der Waals surface area contributed by atoms with Crippen LogP contribution in [0, 0.1) is 13.8 Å². The van der Waals surface area contributed by atoms with Gasteiger partial charge in [-0.1, -0.05) is 0 Å². The average molecular weight is 302 g/mol. The van der Waals surface area contributed by atoms with Crippen molar-refractivity contribution in [2.45, 2.75) is 13.8 Å². The summed E-state index contributed by atoms with van der Waals surface area (Å²) in [4.78, 5) is 4.53. The van der Waals surface area contributed by atoms with Crippen molar-refractivity contribution in [3.8, 4) is 0 Å². The molecule has 2 rings (SSSR count). The zero-order chi connectivity index (χ0) is 13.0. The Morgan fingerprint density at radius 1 is 1.00 bits per heavy atom. The predicted molar refractivity (Wildman–Crippen MR) is 78.8 cm³/mol. The Morgan fingerprint density at radius 2 is 1.67 bits per heavy atom. The van der Waals surface area contributed by atoms with Crippen molar-refractivity contribution < 1.29 is 0 Å². The van der Waals surface area contributed by atoms with Gasteiger partial charge in [0.05, 0.1) is 0 Å². The molecule has 0 amide bonds. The van der Waals surface area contributed by atoms with Gasteiger partial charge in [-0.25, -0.2) is 0 Å². The number of aliphatic imine (C=N–C) groups is 1. The molecule has 0 unspecified atom stereocenters. The van der Waals surface area contributed by atoms with Crippen LogP contribution in [-0.4, -0.2) is 20.7 Å². The van der Waals surface area contributed by atoms with Crippen molar-refractivity contribution in [2.75, 3.05) is 5.32 Å². The van der Waals surface area contributed by atoms with E-state index in [2.05, 4.69) is 58.4 Å². The topological polar surface area (TPSA) is 24.4 Å². The molecule has 0 aliphatic rings. The molecule has 0 saturated carbocycles. The molecule has 0 aliphatic heterocycles. The Hall–Kier alpha value is -1.57. The summed E-state index contributed by atoms with van der Waals surface area (Å²) in [5, 5.41) is 3.24. The Morgan fingerprint density at radius 3 is 2.33 bits per heavy atom. The van der Waals surface area contributed by atoms with Crippen molar-refractivity contribution in [1.29, 1.82) is 0 Å². The van der Waals surface area contributed by atoms with Crippen molar-refractivity contribution in [1.82, 2.24) is 0 Å². The number of para-hydroxylation sites is 1. The third-order valence-corrected chi connectivity index (χ3v) is 3.05. The Balaban J connectivity index is 2.15. The van der Waals surface area contributed by atoms with E-state index in [4.69, 9.17) is 0 Å². The maximum absolute atomic E-state index is 4.53. The van der Waals surface area contributed by atoms with Crippen LogP contribution in [0.2, 0.25) is 0 Å². The number of nitrogens with one attached hydrogen (secondary N) is 1. The molecule has 0 saturated heterocycles. The summed E-state index contributed by atoms with van der Waals surface area (Å²) in [5.41, 5.74) is 4.42. The number of hydrogen-bond acceptors (Lipinski definition) is 1. The number of amidine groups is 1. The first-order chi connectivity index (χ1) is 8.65. The quantitative estimate of drug-likeness (QED) is 0.512. The molecule has 1 N–H and O–H groups in total. The number of benzene rings is 2. The Labute approximate surface area is 116 Å². The van der Waals surface area contributed by atoms with Crippen LogP contribution in [0.15, 0.2) is 53.5 Å². The molecule has 2 aromatic rings. The van der Waals surface area contributed by atoms with E-state index in [1.807, 2.05) is 30.3 Å². The van der Waals surface area contributed by atoms with E-state index in [1.54, 1.807) is 0 Å². The van der Waals surface area contributed by atoms with Crippen LogP contribution in [0.4, 0.5) is 11.4 Å². The van der Waals surface area contributed by atoms with Gasteiger partial charge in [-0.15, -0.1) is 0 Å². The van der Waals surface area contributed by atoms with E-state index in [9.17, 15) is 0 Å². The first-order valence-corrected chi connectivity index (χ1v) is 6.66. The molecule has 1 radical (unpaired) electrons. The molecule has 3 heteroatoms. The second-order valence-corrected chi connectivity index (χ2v) is 5.01. The molecule has 91 valence electrons. The number of anilines is 1. The van der Waals surface area contributed by atoms with Crippen LogP contribution < -0.4 is 5.32 Å². The van der Waals surface area contributed by atoms with Crippen molar-refractivity contribution in [3.63, 3.8) is 0 Å². The molecule has 2 aromatic carbocycles.